The molecule has 106 valence electrons. The lowest BCUT2D eigenvalue weighted by Gasteiger charge is -2.21. The highest BCUT2D eigenvalue weighted by atomic mass is 35.7. The fourth-order valence-corrected chi connectivity index (χ4v) is 3.58. The molecular weight excluding hydrogens is 292 g/mol. The Morgan fingerprint density at radius 1 is 1.37 bits per heavy atom. The number of halogens is 1. The van der Waals surface area contributed by atoms with E-state index in [0.29, 0.717) is 0 Å². The van der Waals surface area contributed by atoms with E-state index < -0.39 is 15.0 Å². The molecule has 2 rings (SSSR count). The van der Waals surface area contributed by atoms with Crippen LogP contribution in [0.4, 0.5) is 0 Å². The Morgan fingerprint density at radius 3 is 2.58 bits per heavy atom. The van der Waals surface area contributed by atoms with Crippen molar-refractivity contribution in [1.29, 1.82) is 0 Å². The molecule has 19 heavy (non-hydrogen) atoms. The fourth-order valence-electron chi connectivity index (χ4n) is 2.25. The standard InChI is InChI=1S/C11H15ClN2O4S/c1-7-10(19(12,16)17)9(14-13-7)11(15)18-8-5-3-2-4-6-8/h8H,2-6H2,1H3,(H,13,14). The summed E-state index contributed by atoms with van der Waals surface area (Å²) in [5, 5.41) is 6.13. The summed E-state index contributed by atoms with van der Waals surface area (Å²) in [4.78, 5) is 11.7. The van der Waals surface area contributed by atoms with Gasteiger partial charge in [-0.3, -0.25) is 5.10 Å². The van der Waals surface area contributed by atoms with Gasteiger partial charge < -0.3 is 4.74 Å². The monoisotopic (exact) mass is 306 g/mol. The van der Waals surface area contributed by atoms with Crippen LogP contribution in [0.3, 0.4) is 0 Å². The summed E-state index contributed by atoms with van der Waals surface area (Å²) < 4.78 is 28.1. The number of hydrogen-bond donors (Lipinski definition) is 1. The van der Waals surface area contributed by atoms with Gasteiger partial charge in [0.25, 0.3) is 9.05 Å². The molecule has 1 aromatic heterocycles. The van der Waals surface area contributed by atoms with Crippen LogP contribution in [-0.4, -0.2) is 30.7 Å². The number of H-pyrrole nitrogens is 1. The molecule has 0 amide bonds. The van der Waals surface area contributed by atoms with Crippen molar-refractivity contribution < 1.29 is 17.9 Å². The SMILES string of the molecule is Cc1[nH]nc(C(=O)OC2CCCCC2)c1S(=O)(=O)Cl. The molecule has 1 aliphatic carbocycles. The maximum atomic E-state index is 12.0. The zero-order valence-electron chi connectivity index (χ0n) is 10.5. The second kappa shape index (κ2) is 5.50. The van der Waals surface area contributed by atoms with Gasteiger partial charge in [-0.05, 0) is 32.6 Å². The number of aromatic nitrogens is 2. The van der Waals surface area contributed by atoms with Gasteiger partial charge in [-0.1, -0.05) is 6.42 Å². The van der Waals surface area contributed by atoms with Gasteiger partial charge in [-0.25, -0.2) is 13.2 Å². The summed E-state index contributed by atoms with van der Waals surface area (Å²) in [6.07, 6.45) is 4.60. The van der Waals surface area contributed by atoms with Crippen molar-refractivity contribution in [2.24, 2.45) is 0 Å². The van der Waals surface area contributed by atoms with Crippen LogP contribution in [-0.2, 0) is 13.8 Å². The lowest BCUT2D eigenvalue weighted by Crippen LogP contribution is -2.22. The molecule has 6 nitrogen and oxygen atoms in total. The molecular formula is C11H15ClN2O4S. The Balaban J connectivity index is 2.20. The van der Waals surface area contributed by atoms with E-state index in [-0.39, 0.29) is 22.4 Å². The van der Waals surface area contributed by atoms with Crippen molar-refractivity contribution >= 4 is 25.7 Å². The molecule has 0 aromatic carbocycles. The van der Waals surface area contributed by atoms with E-state index in [1.54, 1.807) is 0 Å². The van der Waals surface area contributed by atoms with Crippen molar-refractivity contribution in [3.05, 3.63) is 11.4 Å². The summed E-state index contributed by atoms with van der Waals surface area (Å²) in [5.41, 5.74) is -0.0383. The molecule has 1 aliphatic rings. The second-order valence-corrected chi connectivity index (χ2v) is 7.13. The van der Waals surface area contributed by atoms with Gasteiger partial charge in [0, 0.05) is 10.7 Å². The lowest BCUT2D eigenvalue weighted by molar-refractivity contribution is 0.0200. The minimum Gasteiger partial charge on any atom is -0.458 e. The molecule has 0 aliphatic heterocycles. The summed E-state index contributed by atoms with van der Waals surface area (Å²) in [6.45, 7) is 1.49. The Labute approximate surface area is 115 Å². The van der Waals surface area contributed by atoms with E-state index >= 15 is 0 Å². The van der Waals surface area contributed by atoms with Crippen molar-refractivity contribution in [2.45, 2.75) is 50.0 Å². The summed E-state index contributed by atoms with van der Waals surface area (Å²) in [6, 6.07) is 0. The van der Waals surface area contributed by atoms with Gasteiger partial charge in [0.1, 0.15) is 11.0 Å². The molecule has 0 saturated heterocycles. The number of carbonyl (C=O) groups is 1. The molecule has 8 heteroatoms. The average Bonchev–Trinajstić information content (AvgIpc) is 2.72. The first kappa shape index (κ1) is 14.3. The quantitative estimate of drug-likeness (QED) is 0.682. The van der Waals surface area contributed by atoms with E-state index in [1.165, 1.54) is 6.92 Å². The molecule has 1 heterocycles. The molecule has 0 radical (unpaired) electrons. The first-order valence-corrected chi connectivity index (χ1v) is 8.41. The normalized spacial score (nSPS) is 17.4. The number of aryl methyl sites for hydroxylation is 1. The zero-order chi connectivity index (χ0) is 14.0. The number of hydrogen-bond acceptors (Lipinski definition) is 5. The number of carbonyl (C=O) groups excluding carboxylic acids is 1. The fraction of sp³-hybridized carbons (Fsp3) is 0.636. The predicted molar refractivity (Wildman–Crippen MR) is 68.7 cm³/mol. The molecule has 1 fully saturated rings. The molecule has 0 atom stereocenters. The maximum absolute atomic E-state index is 12.0. The first-order chi connectivity index (χ1) is 8.89. The summed E-state index contributed by atoms with van der Waals surface area (Å²) in [7, 11) is 1.27. The maximum Gasteiger partial charge on any atom is 0.360 e. The van der Waals surface area contributed by atoms with Crippen LogP contribution in [0.15, 0.2) is 4.90 Å². The van der Waals surface area contributed by atoms with Crippen LogP contribution in [0.2, 0.25) is 0 Å². The topological polar surface area (TPSA) is 89.1 Å². The zero-order valence-corrected chi connectivity index (χ0v) is 12.1. The summed E-state index contributed by atoms with van der Waals surface area (Å²) >= 11 is 0. The average molecular weight is 307 g/mol. The van der Waals surface area contributed by atoms with Crippen LogP contribution in [0, 0.1) is 6.92 Å². The van der Waals surface area contributed by atoms with Gasteiger partial charge in [-0.15, -0.1) is 0 Å². The van der Waals surface area contributed by atoms with Crippen molar-refractivity contribution in [3.8, 4) is 0 Å². The van der Waals surface area contributed by atoms with Gasteiger partial charge in [0.05, 0.1) is 5.69 Å². The van der Waals surface area contributed by atoms with Gasteiger partial charge in [0.2, 0.25) is 0 Å². The largest absolute Gasteiger partial charge is 0.458 e. The number of nitrogens with one attached hydrogen (secondary N) is 1. The van der Waals surface area contributed by atoms with Gasteiger partial charge in [0.15, 0.2) is 5.69 Å². The third kappa shape index (κ3) is 3.27. The number of esters is 1. The predicted octanol–water partition coefficient (Wildman–Crippen LogP) is 2.14. The van der Waals surface area contributed by atoms with E-state index in [4.69, 9.17) is 15.4 Å². The number of ether oxygens (including phenoxy) is 1. The Hall–Kier alpha value is -1.08. The molecule has 1 saturated carbocycles. The van der Waals surface area contributed by atoms with Crippen molar-refractivity contribution in [1.82, 2.24) is 10.2 Å². The smallest absolute Gasteiger partial charge is 0.360 e. The highest BCUT2D eigenvalue weighted by Crippen LogP contribution is 2.25. The third-order valence-corrected chi connectivity index (χ3v) is 4.60. The molecule has 1 N–H and O–H groups in total. The molecule has 0 spiro atoms. The third-order valence-electron chi connectivity index (χ3n) is 3.15. The van der Waals surface area contributed by atoms with Gasteiger partial charge in [-0.2, -0.15) is 5.10 Å². The lowest BCUT2D eigenvalue weighted by atomic mass is 9.98. The first-order valence-electron chi connectivity index (χ1n) is 6.10. The van der Waals surface area contributed by atoms with Crippen LogP contribution in [0.5, 0.6) is 0 Å². The van der Waals surface area contributed by atoms with E-state index in [0.717, 1.165) is 32.1 Å². The Kier molecular flexibility index (Phi) is 4.15. The van der Waals surface area contributed by atoms with Crippen LogP contribution in [0.1, 0.15) is 48.3 Å². The van der Waals surface area contributed by atoms with Crippen LogP contribution < -0.4 is 0 Å². The highest BCUT2D eigenvalue weighted by Gasteiger charge is 2.29. The minimum absolute atomic E-state index is 0.163. The van der Waals surface area contributed by atoms with E-state index in [9.17, 15) is 13.2 Å². The van der Waals surface area contributed by atoms with Crippen molar-refractivity contribution in [3.63, 3.8) is 0 Å². The second-order valence-electron chi connectivity index (χ2n) is 4.63. The number of nitrogens with zero attached hydrogens (tertiary/aromatic N) is 1. The highest BCUT2D eigenvalue weighted by molar-refractivity contribution is 8.13. The Morgan fingerprint density at radius 2 is 2.00 bits per heavy atom. The molecule has 1 aromatic rings. The van der Waals surface area contributed by atoms with Crippen LogP contribution in [0.25, 0.3) is 0 Å². The van der Waals surface area contributed by atoms with E-state index in [2.05, 4.69) is 10.2 Å². The summed E-state index contributed by atoms with van der Waals surface area (Å²) in [5.74, 6) is -0.740. The number of aromatic amines is 1. The molecule has 0 unspecified atom stereocenters. The molecule has 0 bridgehead atoms. The minimum atomic E-state index is -4.03. The van der Waals surface area contributed by atoms with E-state index in [1.807, 2.05) is 0 Å². The van der Waals surface area contributed by atoms with Gasteiger partial charge >= 0.3 is 5.97 Å². The van der Waals surface area contributed by atoms with Crippen LogP contribution >= 0.6 is 10.7 Å². The number of rotatable bonds is 3. The van der Waals surface area contributed by atoms with Crippen molar-refractivity contribution in [2.75, 3.05) is 0 Å². The Bertz CT molecular complexity index is 576.